The van der Waals surface area contributed by atoms with Crippen LogP contribution in [0.2, 0.25) is 0 Å². The molecule has 0 unspecified atom stereocenters. The van der Waals surface area contributed by atoms with Crippen LogP contribution in [0.1, 0.15) is 17.5 Å². The zero-order valence-corrected chi connectivity index (χ0v) is 12.7. The topological polar surface area (TPSA) is 32.5 Å². The first-order chi connectivity index (χ1) is 9.08. The zero-order valence-electron chi connectivity index (χ0n) is 11.9. The van der Waals surface area contributed by atoms with Crippen LogP contribution >= 0.6 is 12.2 Å². The van der Waals surface area contributed by atoms with Crippen molar-refractivity contribution in [2.75, 3.05) is 37.6 Å². The molecule has 0 amide bonds. The van der Waals surface area contributed by atoms with E-state index in [1.165, 1.54) is 16.8 Å². The summed E-state index contributed by atoms with van der Waals surface area (Å²) in [6, 6.07) is 6.56. The second-order valence-corrected chi connectivity index (χ2v) is 5.79. The zero-order chi connectivity index (χ0) is 13.8. The maximum Gasteiger partial charge on any atom is 0.0740 e. The second kappa shape index (κ2) is 6.35. The van der Waals surface area contributed by atoms with Gasteiger partial charge in [0, 0.05) is 44.8 Å². The summed E-state index contributed by atoms with van der Waals surface area (Å²) in [5.41, 5.74) is 9.71. The van der Waals surface area contributed by atoms with Crippen LogP contribution in [0.15, 0.2) is 18.2 Å². The van der Waals surface area contributed by atoms with Gasteiger partial charge in [-0.1, -0.05) is 24.4 Å². The number of hydrogen-bond donors (Lipinski definition) is 1. The average molecular weight is 277 g/mol. The van der Waals surface area contributed by atoms with Crippen molar-refractivity contribution in [1.29, 1.82) is 0 Å². The molecule has 2 N–H and O–H groups in total. The van der Waals surface area contributed by atoms with Crippen molar-refractivity contribution < 1.29 is 0 Å². The molecule has 1 heterocycles. The molecule has 1 fully saturated rings. The van der Waals surface area contributed by atoms with Crippen molar-refractivity contribution in [3.63, 3.8) is 0 Å². The number of rotatable bonds is 4. The third-order valence-corrected chi connectivity index (χ3v) is 4.17. The first-order valence-corrected chi connectivity index (χ1v) is 7.30. The van der Waals surface area contributed by atoms with Crippen molar-refractivity contribution in [3.05, 3.63) is 29.3 Å². The SMILES string of the molecule is Cc1cccc(N2CCN(CCC(N)=S)CC2)c1C. The Balaban J connectivity index is 1.92. The molecule has 2 rings (SSSR count). The smallest absolute Gasteiger partial charge is 0.0740 e. The van der Waals surface area contributed by atoms with Gasteiger partial charge >= 0.3 is 0 Å². The molecule has 0 aliphatic carbocycles. The van der Waals surface area contributed by atoms with Crippen molar-refractivity contribution in [2.45, 2.75) is 20.3 Å². The molecular weight excluding hydrogens is 254 g/mol. The predicted molar refractivity (Wildman–Crippen MR) is 86.0 cm³/mol. The van der Waals surface area contributed by atoms with Gasteiger partial charge in [-0.05, 0) is 31.0 Å². The molecule has 1 aliphatic heterocycles. The molecule has 3 nitrogen and oxygen atoms in total. The number of hydrogen-bond acceptors (Lipinski definition) is 3. The predicted octanol–water partition coefficient (Wildman–Crippen LogP) is 2.10. The van der Waals surface area contributed by atoms with Gasteiger partial charge in [-0.15, -0.1) is 0 Å². The Labute approximate surface area is 121 Å². The molecule has 0 bridgehead atoms. The van der Waals surface area contributed by atoms with Gasteiger partial charge in [0.2, 0.25) is 0 Å². The standard InChI is InChI=1S/C15H23N3S/c1-12-4-3-5-14(13(12)2)18-10-8-17(9-11-18)7-6-15(16)19/h3-5H,6-11H2,1-2H3,(H2,16,19). The maximum absolute atomic E-state index is 5.56. The Kier molecular flexibility index (Phi) is 4.77. The van der Waals surface area contributed by atoms with Crippen LogP contribution in [0.5, 0.6) is 0 Å². The van der Waals surface area contributed by atoms with E-state index in [0.29, 0.717) is 4.99 Å². The molecule has 19 heavy (non-hydrogen) atoms. The Bertz CT molecular complexity index is 451. The lowest BCUT2D eigenvalue weighted by atomic mass is 10.1. The molecule has 0 spiro atoms. The first-order valence-electron chi connectivity index (χ1n) is 6.90. The summed E-state index contributed by atoms with van der Waals surface area (Å²) < 4.78 is 0. The van der Waals surface area contributed by atoms with Crippen LogP contribution < -0.4 is 10.6 Å². The number of benzene rings is 1. The average Bonchev–Trinajstić information content (AvgIpc) is 2.40. The first kappa shape index (κ1) is 14.3. The van der Waals surface area contributed by atoms with Crippen molar-refractivity contribution in [2.24, 2.45) is 5.73 Å². The maximum atomic E-state index is 5.56. The summed E-state index contributed by atoms with van der Waals surface area (Å²) in [6.07, 6.45) is 0.832. The third kappa shape index (κ3) is 3.67. The lowest BCUT2D eigenvalue weighted by Gasteiger charge is -2.37. The van der Waals surface area contributed by atoms with E-state index >= 15 is 0 Å². The van der Waals surface area contributed by atoms with E-state index in [1.807, 2.05) is 0 Å². The molecule has 1 aromatic rings. The molecule has 1 aliphatic rings. The summed E-state index contributed by atoms with van der Waals surface area (Å²) in [5, 5.41) is 0. The van der Waals surface area contributed by atoms with E-state index in [2.05, 4.69) is 41.8 Å². The highest BCUT2D eigenvalue weighted by Crippen LogP contribution is 2.23. The van der Waals surface area contributed by atoms with Gasteiger partial charge < -0.3 is 10.6 Å². The Morgan fingerprint density at radius 1 is 1.21 bits per heavy atom. The molecule has 104 valence electrons. The van der Waals surface area contributed by atoms with E-state index in [9.17, 15) is 0 Å². The summed E-state index contributed by atoms with van der Waals surface area (Å²) in [7, 11) is 0. The largest absolute Gasteiger partial charge is 0.393 e. The molecule has 1 aromatic carbocycles. The normalized spacial score (nSPS) is 16.6. The fourth-order valence-corrected chi connectivity index (χ4v) is 2.65. The minimum Gasteiger partial charge on any atom is -0.393 e. The molecule has 0 atom stereocenters. The Morgan fingerprint density at radius 2 is 1.89 bits per heavy atom. The van der Waals surface area contributed by atoms with Gasteiger partial charge in [0.15, 0.2) is 0 Å². The van der Waals surface area contributed by atoms with E-state index in [4.69, 9.17) is 18.0 Å². The minimum absolute atomic E-state index is 0.622. The number of nitrogens with zero attached hydrogens (tertiary/aromatic N) is 2. The number of anilines is 1. The van der Waals surface area contributed by atoms with E-state index in [1.54, 1.807) is 0 Å². The number of piperazine rings is 1. The van der Waals surface area contributed by atoms with Gasteiger partial charge in [-0.25, -0.2) is 0 Å². The van der Waals surface area contributed by atoms with E-state index in [0.717, 1.165) is 39.1 Å². The molecule has 1 saturated heterocycles. The minimum atomic E-state index is 0.622. The highest BCUT2D eigenvalue weighted by molar-refractivity contribution is 7.80. The number of thiocarbonyl (C=S) groups is 1. The lowest BCUT2D eigenvalue weighted by Crippen LogP contribution is -2.47. The summed E-state index contributed by atoms with van der Waals surface area (Å²) in [4.78, 5) is 5.55. The van der Waals surface area contributed by atoms with E-state index < -0.39 is 0 Å². The van der Waals surface area contributed by atoms with Crippen molar-refractivity contribution in [1.82, 2.24) is 4.90 Å². The van der Waals surface area contributed by atoms with Crippen LogP contribution in [-0.2, 0) is 0 Å². The second-order valence-electron chi connectivity index (χ2n) is 5.26. The van der Waals surface area contributed by atoms with Gasteiger partial charge in [0.1, 0.15) is 0 Å². The Hall–Kier alpha value is -1.13. The van der Waals surface area contributed by atoms with Crippen molar-refractivity contribution in [3.8, 4) is 0 Å². The molecular formula is C15H23N3S. The quantitative estimate of drug-likeness (QED) is 0.854. The fraction of sp³-hybridized carbons (Fsp3) is 0.533. The third-order valence-electron chi connectivity index (χ3n) is 3.96. The van der Waals surface area contributed by atoms with Crippen LogP contribution in [-0.4, -0.2) is 42.6 Å². The molecule has 4 heteroatoms. The highest BCUT2D eigenvalue weighted by Gasteiger charge is 2.18. The number of nitrogens with two attached hydrogens (primary N) is 1. The summed E-state index contributed by atoms with van der Waals surface area (Å²) >= 11 is 4.94. The molecule has 0 aromatic heterocycles. The molecule has 0 saturated carbocycles. The molecule has 0 radical (unpaired) electrons. The van der Waals surface area contributed by atoms with E-state index in [-0.39, 0.29) is 0 Å². The Morgan fingerprint density at radius 3 is 2.53 bits per heavy atom. The fourth-order valence-electron chi connectivity index (χ4n) is 2.56. The van der Waals surface area contributed by atoms with Crippen LogP contribution in [0.4, 0.5) is 5.69 Å². The number of aryl methyl sites for hydroxylation is 1. The van der Waals surface area contributed by atoms with Crippen LogP contribution in [0.3, 0.4) is 0 Å². The summed E-state index contributed by atoms with van der Waals surface area (Å²) in [6.45, 7) is 9.74. The van der Waals surface area contributed by atoms with Crippen molar-refractivity contribution >= 4 is 22.9 Å². The van der Waals surface area contributed by atoms with Gasteiger partial charge in [-0.2, -0.15) is 0 Å². The van der Waals surface area contributed by atoms with Crippen LogP contribution in [0.25, 0.3) is 0 Å². The summed E-state index contributed by atoms with van der Waals surface area (Å²) in [5.74, 6) is 0. The lowest BCUT2D eigenvalue weighted by molar-refractivity contribution is 0.265. The highest BCUT2D eigenvalue weighted by atomic mass is 32.1. The van der Waals surface area contributed by atoms with Gasteiger partial charge in [0.25, 0.3) is 0 Å². The van der Waals surface area contributed by atoms with Gasteiger partial charge in [-0.3, -0.25) is 4.90 Å². The monoisotopic (exact) mass is 277 g/mol. The van der Waals surface area contributed by atoms with Gasteiger partial charge in [0.05, 0.1) is 4.99 Å². The van der Waals surface area contributed by atoms with Crippen LogP contribution in [0, 0.1) is 13.8 Å².